The van der Waals surface area contributed by atoms with E-state index in [1.165, 1.54) is 12.8 Å². The van der Waals surface area contributed by atoms with Gasteiger partial charge in [0.05, 0.1) is 26.4 Å². The first kappa shape index (κ1) is 12.4. The molecule has 1 fully saturated rings. The Morgan fingerprint density at radius 1 is 1.33 bits per heavy atom. The fourth-order valence-corrected chi connectivity index (χ4v) is 1.09. The Morgan fingerprint density at radius 3 is 2.80 bits per heavy atom. The van der Waals surface area contributed by atoms with Crippen molar-refractivity contribution in [3.63, 3.8) is 0 Å². The number of rotatable bonds is 9. The van der Waals surface area contributed by atoms with Crippen LogP contribution in [0.3, 0.4) is 0 Å². The number of carbonyl (C=O) groups is 1. The number of carbonyl (C=O) groups excluding carboxylic acids is 1. The van der Waals surface area contributed by atoms with E-state index in [9.17, 15) is 4.79 Å². The lowest BCUT2D eigenvalue weighted by atomic mass is 10.5. The molecule has 0 atom stereocenters. The van der Waals surface area contributed by atoms with Crippen LogP contribution in [0, 0.1) is 0 Å². The van der Waals surface area contributed by atoms with Crippen LogP contribution < -0.4 is 10.6 Å². The second kappa shape index (κ2) is 7.62. The van der Waals surface area contributed by atoms with Gasteiger partial charge in [0.2, 0.25) is 5.91 Å². The summed E-state index contributed by atoms with van der Waals surface area (Å²) >= 11 is 0. The van der Waals surface area contributed by atoms with Crippen LogP contribution in [0.4, 0.5) is 0 Å². The Morgan fingerprint density at radius 2 is 2.13 bits per heavy atom. The molecule has 0 radical (unpaired) electrons. The largest absolute Gasteiger partial charge is 0.382 e. The van der Waals surface area contributed by atoms with Crippen LogP contribution in [-0.2, 0) is 14.3 Å². The highest BCUT2D eigenvalue weighted by Crippen LogP contribution is 2.17. The summed E-state index contributed by atoms with van der Waals surface area (Å²) in [6.45, 7) is 2.69. The fraction of sp³-hybridized carbons (Fsp3) is 0.900. The molecule has 0 bridgehead atoms. The molecular weight excluding hydrogens is 196 g/mol. The first-order valence-corrected chi connectivity index (χ1v) is 5.39. The third-order valence-electron chi connectivity index (χ3n) is 2.13. The maximum absolute atomic E-state index is 11.2. The third kappa shape index (κ3) is 7.30. The maximum atomic E-state index is 11.2. The van der Waals surface area contributed by atoms with E-state index in [1.54, 1.807) is 7.11 Å². The molecule has 88 valence electrons. The van der Waals surface area contributed by atoms with Gasteiger partial charge >= 0.3 is 0 Å². The van der Waals surface area contributed by atoms with E-state index in [1.807, 2.05) is 0 Å². The summed E-state index contributed by atoms with van der Waals surface area (Å²) in [6.07, 6.45) is 2.40. The number of nitrogens with one attached hydrogen (secondary N) is 2. The highest BCUT2D eigenvalue weighted by atomic mass is 16.5. The van der Waals surface area contributed by atoms with Crippen molar-refractivity contribution in [3.8, 4) is 0 Å². The highest BCUT2D eigenvalue weighted by molar-refractivity contribution is 5.78. The van der Waals surface area contributed by atoms with E-state index in [0.29, 0.717) is 39.0 Å². The minimum atomic E-state index is 0.0391. The molecule has 1 aliphatic rings. The number of hydrogen-bond acceptors (Lipinski definition) is 4. The first-order chi connectivity index (χ1) is 7.33. The molecule has 0 spiro atoms. The van der Waals surface area contributed by atoms with Gasteiger partial charge in [-0.1, -0.05) is 0 Å². The Labute approximate surface area is 90.5 Å². The molecule has 0 saturated heterocycles. The number of hydrogen-bond donors (Lipinski definition) is 2. The van der Waals surface area contributed by atoms with Crippen LogP contribution in [0.25, 0.3) is 0 Å². The van der Waals surface area contributed by atoms with E-state index in [0.717, 1.165) is 0 Å². The molecule has 15 heavy (non-hydrogen) atoms. The second-order valence-electron chi connectivity index (χ2n) is 3.61. The lowest BCUT2D eigenvalue weighted by Gasteiger charge is -2.06. The summed E-state index contributed by atoms with van der Waals surface area (Å²) < 4.78 is 10.0. The predicted molar refractivity (Wildman–Crippen MR) is 56.7 cm³/mol. The van der Waals surface area contributed by atoms with Crippen molar-refractivity contribution in [1.82, 2.24) is 10.6 Å². The van der Waals surface area contributed by atoms with Gasteiger partial charge in [0, 0.05) is 19.7 Å². The van der Waals surface area contributed by atoms with Gasteiger partial charge in [0.15, 0.2) is 0 Å². The number of methoxy groups -OCH3 is 1. The molecule has 0 aromatic carbocycles. The lowest BCUT2D eigenvalue weighted by Crippen LogP contribution is -2.36. The monoisotopic (exact) mass is 216 g/mol. The molecular formula is C10H20N2O3. The summed E-state index contributed by atoms with van der Waals surface area (Å²) in [5.41, 5.74) is 0. The minimum absolute atomic E-state index is 0.0391. The number of amides is 1. The molecule has 1 saturated carbocycles. The van der Waals surface area contributed by atoms with Crippen molar-refractivity contribution < 1.29 is 14.3 Å². The SMILES string of the molecule is COCCOCCNC(=O)CNC1CC1. The van der Waals surface area contributed by atoms with E-state index in [2.05, 4.69) is 10.6 Å². The molecule has 5 heteroatoms. The zero-order valence-corrected chi connectivity index (χ0v) is 9.25. The average molecular weight is 216 g/mol. The maximum Gasteiger partial charge on any atom is 0.234 e. The third-order valence-corrected chi connectivity index (χ3v) is 2.13. The molecule has 0 aromatic rings. The van der Waals surface area contributed by atoms with Crippen molar-refractivity contribution >= 4 is 5.91 Å². The Bertz CT molecular complexity index is 184. The van der Waals surface area contributed by atoms with E-state index in [4.69, 9.17) is 9.47 Å². The zero-order chi connectivity index (χ0) is 10.9. The van der Waals surface area contributed by atoms with Crippen LogP contribution in [-0.4, -0.2) is 52.0 Å². The van der Waals surface area contributed by atoms with Gasteiger partial charge < -0.3 is 20.1 Å². The molecule has 5 nitrogen and oxygen atoms in total. The minimum Gasteiger partial charge on any atom is -0.382 e. The topological polar surface area (TPSA) is 59.6 Å². The van der Waals surface area contributed by atoms with Crippen molar-refractivity contribution in [1.29, 1.82) is 0 Å². The average Bonchev–Trinajstić information content (AvgIpc) is 3.04. The first-order valence-electron chi connectivity index (χ1n) is 5.39. The quantitative estimate of drug-likeness (QED) is 0.511. The highest BCUT2D eigenvalue weighted by Gasteiger charge is 2.20. The van der Waals surface area contributed by atoms with Crippen molar-refractivity contribution in [2.45, 2.75) is 18.9 Å². The summed E-state index contributed by atoms with van der Waals surface area (Å²) in [7, 11) is 1.63. The van der Waals surface area contributed by atoms with Gasteiger partial charge in [0.25, 0.3) is 0 Å². The van der Waals surface area contributed by atoms with Gasteiger partial charge in [0.1, 0.15) is 0 Å². The summed E-state index contributed by atoms with van der Waals surface area (Å²) in [5, 5.41) is 5.92. The molecule has 0 aromatic heterocycles. The van der Waals surface area contributed by atoms with Gasteiger partial charge in [-0.3, -0.25) is 4.79 Å². The summed E-state index contributed by atoms with van der Waals surface area (Å²) in [4.78, 5) is 11.2. The lowest BCUT2D eigenvalue weighted by molar-refractivity contribution is -0.120. The zero-order valence-electron chi connectivity index (χ0n) is 9.25. The van der Waals surface area contributed by atoms with Gasteiger partial charge in [-0.2, -0.15) is 0 Å². The summed E-state index contributed by atoms with van der Waals surface area (Å²) in [6, 6.07) is 0.578. The van der Waals surface area contributed by atoms with Crippen molar-refractivity contribution in [2.75, 3.05) is 40.0 Å². The Balaban J connectivity index is 1.79. The molecule has 0 heterocycles. The Kier molecular flexibility index (Phi) is 6.31. The van der Waals surface area contributed by atoms with Crippen LogP contribution in [0.5, 0.6) is 0 Å². The fourth-order valence-electron chi connectivity index (χ4n) is 1.09. The van der Waals surface area contributed by atoms with Crippen LogP contribution >= 0.6 is 0 Å². The second-order valence-corrected chi connectivity index (χ2v) is 3.61. The van der Waals surface area contributed by atoms with Crippen LogP contribution in [0.2, 0.25) is 0 Å². The van der Waals surface area contributed by atoms with Crippen molar-refractivity contribution in [2.24, 2.45) is 0 Å². The normalized spacial score (nSPS) is 15.3. The van der Waals surface area contributed by atoms with Gasteiger partial charge in [-0.05, 0) is 12.8 Å². The van der Waals surface area contributed by atoms with E-state index < -0.39 is 0 Å². The smallest absolute Gasteiger partial charge is 0.234 e. The molecule has 0 aliphatic heterocycles. The molecule has 0 unspecified atom stereocenters. The van der Waals surface area contributed by atoms with Crippen LogP contribution in [0.15, 0.2) is 0 Å². The van der Waals surface area contributed by atoms with Crippen LogP contribution in [0.1, 0.15) is 12.8 Å². The Hall–Kier alpha value is -0.650. The molecule has 1 amide bonds. The standard InChI is InChI=1S/C10H20N2O3/c1-14-6-7-15-5-4-11-10(13)8-12-9-2-3-9/h9,12H,2-8H2,1H3,(H,11,13). The van der Waals surface area contributed by atoms with E-state index in [-0.39, 0.29) is 5.91 Å². The summed E-state index contributed by atoms with van der Waals surface area (Å²) in [5.74, 6) is 0.0391. The predicted octanol–water partition coefficient (Wildman–Crippen LogP) is -0.482. The van der Waals surface area contributed by atoms with Gasteiger partial charge in [-0.15, -0.1) is 0 Å². The molecule has 2 N–H and O–H groups in total. The van der Waals surface area contributed by atoms with Gasteiger partial charge in [-0.25, -0.2) is 0 Å². The number of ether oxygens (including phenoxy) is 2. The van der Waals surface area contributed by atoms with Crippen molar-refractivity contribution in [3.05, 3.63) is 0 Å². The molecule has 1 aliphatic carbocycles. The van der Waals surface area contributed by atoms with E-state index >= 15 is 0 Å². The molecule has 1 rings (SSSR count).